The van der Waals surface area contributed by atoms with Crippen LogP contribution >= 0.6 is 0 Å². The number of carboxylic acids is 1. The Bertz CT molecular complexity index is 640. The minimum atomic E-state index is -0.931. The smallest absolute Gasteiger partial charge is 0.339 e. The van der Waals surface area contributed by atoms with Crippen molar-refractivity contribution in [2.75, 3.05) is 31.1 Å². The third kappa shape index (κ3) is 3.23. The molecule has 0 aliphatic carbocycles. The van der Waals surface area contributed by atoms with Gasteiger partial charge in [0.05, 0.1) is 5.69 Å². The molecule has 0 atom stereocenters. The molecule has 0 spiro atoms. The number of carbonyl (C=O) groups is 1. The molecule has 1 fully saturated rings. The van der Waals surface area contributed by atoms with Crippen molar-refractivity contribution >= 4 is 11.8 Å². The summed E-state index contributed by atoms with van der Waals surface area (Å²) < 4.78 is 0. The highest BCUT2D eigenvalue weighted by Crippen LogP contribution is 2.19. The second-order valence-electron chi connectivity index (χ2n) is 5.26. The van der Waals surface area contributed by atoms with Gasteiger partial charge in [0.15, 0.2) is 0 Å². The molecule has 0 aromatic carbocycles. The monoisotopic (exact) mass is 298 g/mol. The quantitative estimate of drug-likeness (QED) is 0.922. The van der Waals surface area contributed by atoms with E-state index in [2.05, 4.69) is 14.9 Å². The lowest BCUT2D eigenvalue weighted by molar-refractivity contribution is 0.0697. The van der Waals surface area contributed by atoms with E-state index in [1.54, 1.807) is 24.5 Å². The summed E-state index contributed by atoms with van der Waals surface area (Å²) in [4.78, 5) is 24.2. The molecule has 6 nitrogen and oxygen atoms in total. The lowest BCUT2D eigenvalue weighted by atomic mass is 10.2. The van der Waals surface area contributed by atoms with Crippen LogP contribution in [-0.2, 0) is 6.54 Å². The Labute approximate surface area is 129 Å². The third-order valence-electron chi connectivity index (χ3n) is 3.80. The molecule has 1 saturated heterocycles. The summed E-state index contributed by atoms with van der Waals surface area (Å²) in [7, 11) is 0. The molecule has 3 rings (SSSR count). The Balaban J connectivity index is 1.64. The number of pyridine rings is 2. The number of aromatic nitrogens is 2. The lowest BCUT2D eigenvalue weighted by Gasteiger charge is -2.35. The number of piperazine rings is 1. The number of anilines is 1. The molecule has 6 heteroatoms. The number of aromatic carboxylic acids is 1. The van der Waals surface area contributed by atoms with Crippen LogP contribution in [0.25, 0.3) is 0 Å². The Morgan fingerprint density at radius 2 is 1.82 bits per heavy atom. The van der Waals surface area contributed by atoms with Gasteiger partial charge in [-0.1, -0.05) is 6.07 Å². The van der Waals surface area contributed by atoms with Gasteiger partial charge in [-0.3, -0.25) is 9.88 Å². The maximum Gasteiger partial charge on any atom is 0.339 e. The molecule has 0 amide bonds. The minimum Gasteiger partial charge on any atom is -0.478 e. The third-order valence-corrected chi connectivity index (χ3v) is 3.80. The Hall–Kier alpha value is -2.47. The predicted molar refractivity (Wildman–Crippen MR) is 82.9 cm³/mol. The first-order chi connectivity index (χ1) is 10.7. The van der Waals surface area contributed by atoms with Crippen molar-refractivity contribution in [3.05, 3.63) is 54.0 Å². The normalized spacial score (nSPS) is 15.7. The molecule has 3 heterocycles. The van der Waals surface area contributed by atoms with Crippen molar-refractivity contribution in [3.63, 3.8) is 0 Å². The highest BCUT2D eigenvalue weighted by atomic mass is 16.4. The fourth-order valence-electron chi connectivity index (χ4n) is 2.65. The van der Waals surface area contributed by atoms with Crippen LogP contribution in [0.15, 0.2) is 42.7 Å². The van der Waals surface area contributed by atoms with E-state index in [0.29, 0.717) is 5.82 Å². The van der Waals surface area contributed by atoms with Crippen molar-refractivity contribution in [2.45, 2.75) is 6.54 Å². The van der Waals surface area contributed by atoms with Gasteiger partial charge < -0.3 is 10.0 Å². The SMILES string of the molecule is O=C(O)c1cccnc1N1CCN(Cc2ccccn2)CC1. The first-order valence-corrected chi connectivity index (χ1v) is 7.29. The first-order valence-electron chi connectivity index (χ1n) is 7.29. The first kappa shape index (κ1) is 14.5. The lowest BCUT2D eigenvalue weighted by Crippen LogP contribution is -2.46. The fraction of sp³-hybridized carbons (Fsp3) is 0.312. The molecule has 1 N–H and O–H groups in total. The molecule has 114 valence electrons. The predicted octanol–water partition coefficient (Wildman–Crippen LogP) is 1.50. The molecule has 1 aliphatic heterocycles. The zero-order chi connectivity index (χ0) is 15.4. The van der Waals surface area contributed by atoms with Crippen molar-refractivity contribution in [1.29, 1.82) is 0 Å². The number of nitrogens with zero attached hydrogens (tertiary/aromatic N) is 4. The van der Waals surface area contributed by atoms with Gasteiger partial charge >= 0.3 is 5.97 Å². The maximum atomic E-state index is 11.3. The van der Waals surface area contributed by atoms with Gasteiger partial charge in [-0.2, -0.15) is 0 Å². The number of hydrogen-bond donors (Lipinski definition) is 1. The Morgan fingerprint density at radius 1 is 1.05 bits per heavy atom. The maximum absolute atomic E-state index is 11.3. The molecular weight excluding hydrogens is 280 g/mol. The average Bonchev–Trinajstić information content (AvgIpc) is 2.56. The van der Waals surface area contributed by atoms with E-state index in [9.17, 15) is 9.90 Å². The van der Waals surface area contributed by atoms with Crippen LogP contribution in [0, 0.1) is 0 Å². The van der Waals surface area contributed by atoms with Crippen LogP contribution in [0.1, 0.15) is 16.1 Å². The van der Waals surface area contributed by atoms with E-state index in [-0.39, 0.29) is 5.56 Å². The fourth-order valence-corrected chi connectivity index (χ4v) is 2.65. The van der Waals surface area contributed by atoms with E-state index in [1.807, 2.05) is 23.1 Å². The van der Waals surface area contributed by atoms with Gasteiger partial charge in [0, 0.05) is 45.1 Å². The number of carboxylic acid groups (broad SMARTS) is 1. The molecule has 0 bridgehead atoms. The van der Waals surface area contributed by atoms with Gasteiger partial charge in [0.2, 0.25) is 0 Å². The molecule has 0 saturated carbocycles. The zero-order valence-electron chi connectivity index (χ0n) is 12.2. The molecule has 22 heavy (non-hydrogen) atoms. The van der Waals surface area contributed by atoms with E-state index >= 15 is 0 Å². The second-order valence-corrected chi connectivity index (χ2v) is 5.26. The van der Waals surface area contributed by atoms with E-state index < -0.39 is 5.97 Å². The van der Waals surface area contributed by atoms with E-state index in [0.717, 1.165) is 38.4 Å². The van der Waals surface area contributed by atoms with Crippen LogP contribution in [-0.4, -0.2) is 52.1 Å². The van der Waals surface area contributed by atoms with Crippen LogP contribution in [0.3, 0.4) is 0 Å². The van der Waals surface area contributed by atoms with Crippen molar-refractivity contribution in [1.82, 2.24) is 14.9 Å². The van der Waals surface area contributed by atoms with Gasteiger partial charge in [-0.05, 0) is 24.3 Å². The zero-order valence-corrected chi connectivity index (χ0v) is 12.2. The van der Waals surface area contributed by atoms with Crippen LogP contribution < -0.4 is 4.90 Å². The minimum absolute atomic E-state index is 0.265. The summed E-state index contributed by atoms with van der Waals surface area (Å²) in [6.07, 6.45) is 3.45. The highest BCUT2D eigenvalue weighted by molar-refractivity contribution is 5.93. The average molecular weight is 298 g/mol. The summed E-state index contributed by atoms with van der Waals surface area (Å²) in [5.74, 6) is -0.369. The van der Waals surface area contributed by atoms with Crippen LogP contribution in [0.5, 0.6) is 0 Å². The summed E-state index contributed by atoms with van der Waals surface area (Å²) in [5.41, 5.74) is 1.32. The van der Waals surface area contributed by atoms with Gasteiger partial charge in [0.25, 0.3) is 0 Å². The second kappa shape index (κ2) is 6.53. The van der Waals surface area contributed by atoms with Crippen LogP contribution in [0.2, 0.25) is 0 Å². The van der Waals surface area contributed by atoms with Gasteiger partial charge in [-0.15, -0.1) is 0 Å². The van der Waals surface area contributed by atoms with E-state index in [4.69, 9.17) is 0 Å². The largest absolute Gasteiger partial charge is 0.478 e. The van der Waals surface area contributed by atoms with Crippen molar-refractivity contribution in [2.24, 2.45) is 0 Å². The summed E-state index contributed by atoms with van der Waals surface area (Å²) in [6.45, 7) is 4.09. The molecule has 0 radical (unpaired) electrons. The summed E-state index contributed by atoms with van der Waals surface area (Å²) in [6, 6.07) is 9.18. The molecule has 2 aromatic heterocycles. The summed E-state index contributed by atoms with van der Waals surface area (Å²) in [5, 5.41) is 9.26. The molecule has 2 aromatic rings. The highest BCUT2D eigenvalue weighted by Gasteiger charge is 2.22. The van der Waals surface area contributed by atoms with Crippen molar-refractivity contribution < 1.29 is 9.90 Å². The Kier molecular flexibility index (Phi) is 4.29. The molecule has 1 aliphatic rings. The van der Waals surface area contributed by atoms with Gasteiger partial charge in [-0.25, -0.2) is 9.78 Å². The van der Waals surface area contributed by atoms with Gasteiger partial charge in [0.1, 0.15) is 11.4 Å². The topological polar surface area (TPSA) is 69.6 Å². The molecular formula is C16H18N4O2. The number of hydrogen-bond acceptors (Lipinski definition) is 5. The number of rotatable bonds is 4. The molecule has 0 unspecified atom stereocenters. The Morgan fingerprint density at radius 3 is 2.50 bits per heavy atom. The van der Waals surface area contributed by atoms with Crippen LogP contribution in [0.4, 0.5) is 5.82 Å². The van der Waals surface area contributed by atoms with E-state index in [1.165, 1.54) is 0 Å². The van der Waals surface area contributed by atoms with Crippen molar-refractivity contribution in [3.8, 4) is 0 Å². The summed E-state index contributed by atoms with van der Waals surface area (Å²) >= 11 is 0. The standard InChI is InChI=1S/C16H18N4O2/c21-16(22)14-5-3-7-18-15(14)20-10-8-19(9-11-20)12-13-4-1-2-6-17-13/h1-7H,8-12H2,(H,21,22).